The molecule has 1 rings (SSSR count). The number of nitrogens with one attached hydrogen (secondary N) is 1. The van der Waals surface area contributed by atoms with Crippen LogP contribution >= 0.6 is 11.3 Å². The van der Waals surface area contributed by atoms with Gasteiger partial charge in [0.1, 0.15) is 5.75 Å². The zero-order valence-corrected chi connectivity index (χ0v) is 11.3. The summed E-state index contributed by atoms with van der Waals surface area (Å²) >= 11 is 1.74. The van der Waals surface area contributed by atoms with Gasteiger partial charge >= 0.3 is 0 Å². The molecule has 16 heavy (non-hydrogen) atoms. The lowest BCUT2D eigenvalue weighted by Gasteiger charge is -2.23. The van der Waals surface area contributed by atoms with Gasteiger partial charge in [-0.05, 0) is 30.8 Å². The van der Waals surface area contributed by atoms with Crippen molar-refractivity contribution in [3.63, 3.8) is 0 Å². The first-order chi connectivity index (χ1) is 7.74. The molecule has 0 saturated heterocycles. The fourth-order valence-corrected chi connectivity index (χ4v) is 2.95. The summed E-state index contributed by atoms with van der Waals surface area (Å²) in [4.78, 5) is 1.27. The van der Waals surface area contributed by atoms with Crippen molar-refractivity contribution in [1.82, 2.24) is 5.32 Å². The minimum absolute atomic E-state index is 0.338. The Morgan fingerprint density at radius 1 is 1.44 bits per heavy atom. The predicted molar refractivity (Wildman–Crippen MR) is 68.3 cm³/mol. The third-order valence-corrected chi connectivity index (χ3v) is 3.80. The van der Waals surface area contributed by atoms with Gasteiger partial charge in [-0.2, -0.15) is 0 Å². The Bertz CT molecular complexity index is 301. The largest absolute Gasteiger partial charge is 0.496 e. The summed E-state index contributed by atoms with van der Waals surface area (Å²) in [5, 5.41) is 5.43. The maximum atomic E-state index is 5.36. The molecule has 0 fully saturated rings. The zero-order valence-electron chi connectivity index (χ0n) is 10.4. The van der Waals surface area contributed by atoms with Crippen molar-refractivity contribution in [2.75, 3.05) is 27.9 Å². The summed E-state index contributed by atoms with van der Waals surface area (Å²) < 4.78 is 10.5. The molecule has 0 aliphatic carbocycles. The molecule has 0 aromatic carbocycles. The number of ether oxygens (including phenoxy) is 2. The minimum Gasteiger partial charge on any atom is -0.496 e. The molecule has 0 aliphatic heterocycles. The topological polar surface area (TPSA) is 30.5 Å². The van der Waals surface area contributed by atoms with Crippen molar-refractivity contribution >= 4 is 11.3 Å². The smallest absolute Gasteiger partial charge is 0.134 e. The van der Waals surface area contributed by atoms with E-state index in [4.69, 9.17) is 9.47 Å². The standard InChI is InChI=1S/C12H21NO2S/c1-9(5-7-14-3)11(13-2)12-10(15-4)6-8-16-12/h6,8-9,11,13H,5,7H2,1-4H3. The Morgan fingerprint density at radius 3 is 2.75 bits per heavy atom. The van der Waals surface area contributed by atoms with E-state index in [-0.39, 0.29) is 0 Å². The third-order valence-electron chi connectivity index (χ3n) is 2.82. The van der Waals surface area contributed by atoms with Gasteiger partial charge in [0.05, 0.1) is 12.0 Å². The molecule has 3 nitrogen and oxygen atoms in total. The van der Waals surface area contributed by atoms with Crippen LogP contribution in [0.5, 0.6) is 5.75 Å². The van der Waals surface area contributed by atoms with E-state index in [9.17, 15) is 0 Å². The molecule has 2 unspecified atom stereocenters. The molecule has 0 aliphatic rings. The second-order valence-corrected chi connectivity index (χ2v) is 4.83. The molecular formula is C12H21NO2S. The fraction of sp³-hybridized carbons (Fsp3) is 0.667. The monoisotopic (exact) mass is 243 g/mol. The van der Waals surface area contributed by atoms with Crippen LogP contribution in [0.25, 0.3) is 0 Å². The van der Waals surface area contributed by atoms with Gasteiger partial charge < -0.3 is 14.8 Å². The van der Waals surface area contributed by atoms with Crippen molar-refractivity contribution in [3.8, 4) is 5.75 Å². The molecule has 0 amide bonds. The number of hydrogen-bond donors (Lipinski definition) is 1. The van der Waals surface area contributed by atoms with Crippen LogP contribution in [0, 0.1) is 5.92 Å². The van der Waals surface area contributed by atoms with Crippen LogP contribution in [0.1, 0.15) is 24.3 Å². The van der Waals surface area contributed by atoms with E-state index >= 15 is 0 Å². The van der Waals surface area contributed by atoms with Gasteiger partial charge in [-0.1, -0.05) is 6.92 Å². The van der Waals surface area contributed by atoms with E-state index in [1.807, 2.05) is 13.1 Å². The summed E-state index contributed by atoms with van der Waals surface area (Å²) in [6, 6.07) is 2.36. The van der Waals surface area contributed by atoms with Gasteiger partial charge in [-0.25, -0.2) is 0 Å². The van der Waals surface area contributed by atoms with E-state index in [0.29, 0.717) is 12.0 Å². The van der Waals surface area contributed by atoms with Crippen LogP contribution in [0.3, 0.4) is 0 Å². The van der Waals surface area contributed by atoms with Crippen molar-refractivity contribution in [2.24, 2.45) is 5.92 Å². The molecule has 2 atom stereocenters. The normalized spacial score (nSPS) is 14.8. The average molecular weight is 243 g/mol. The molecule has 1 N–H and O–H groups in total. The van der Waals surface area contributed by atoms with Crippen LogP contribution < -0.4 is 10.1 Å². The first kappa shape index (κ1) is 13.5. The van der Waals surface area contributed by atoms with E-state index in [0.717, 1.165) is 18.8 Å². The van der Waals surface area contributed by atoms with Gasteiger partial charge in [-0.3, -0.25) is 0 Å². The Balaban J connectivity index is 2.73. The lowest BCUT2D eigenvalue weighted by Crippen LogP contribution is -2.24. The van der Waals surface area contributed by atoms with E-state index in [1.54, 1.807) is 25.6 Å². The molecule has 0 radical (unpaired) electrons. The van der Waals surface area contributed by atoms with Gasteiger partial charge in [0.2, 0.25) is 0 Å². The highest BCUT2D eigenvalue weighted by Gasteiger charge is 2.21. The van der Waals surface area contributed by atoms with Crippen molar-refractivity contribution < 1.29 is 9.47 Å². The van der Waals surface area contributed by atoms with Gasteiger partial charge in [0.15, 0.2) is 0 Å². The number of thiophene rings is 1. The van der Waals surface area contributed by atoms with Crippen LogP contribution in [0.15, 0.2) is 11.4 Å². The van der Waals surface area contributed by atoms with Crippen LogP contribution in [0.4, 0.5) is 0 Å². The molecule has 0 bridgehead atoms. The van der Waals surface area contributed by atoms with E-state index in [2.05, 4.69) is 17.6 Å². The van der Waals surface area contributed by atoms with E-state index in [1.165, 1.54) is 4.88 Å². The summed E-state index contributed by atoms with van der Waals surface area (Å²) in [7, 11) is 5.46. The van der Waals surface area contributed by atoms with Crippen molar-refractivity contribution in [1.29, 1.82) is 0 Å². The second-order valence-electron chi connectivity index (χ2n) is 3.88. The summed E-state index contributed by atoms with van der Waals surface area (Å²) in [6.07, 6.45) is 1.04. The fourth-order valence-electron chi connectivity index (χ4n) is 1.85. The Kier molecular flexibility index (Phi) is 5.80. The van der Waals surface area contributed by atoms with Crippen LogP contribution in [-0.4, -0.2) is 27.9 Å². The Hall–Kier alpha value is -0.580. The predicted octanol–water partition coefficient (Wildman–Crippen LogP) is 2.69. The lowest BCUT2D eigenvalue weighted by atomic mass is 9.97. The van der Waals surface area contributed by atoms with Gasteiger partial charge in [0, 0.05) is 19.8 Å². The van der Waals surface area contributed by atoms with Crippen molar-refractivity contribution in [3.05, 3.63) is 16.3 Å². The molecule has 1 heterocycles. The molecule has 0 saturated carbocycles. The maximum absolute atomic E-state index is 5.36. The number of methoxy groups -OCH3 is 2. The number of rotatable bonds is 7. The van der Waals surface area contributed by atoms with Crippen LogP contribution in [-0.2, 0) is 4.74 Å². The van der Waals surface area contributed by atoms with Gasteiger partial charge in [-0.15, -0.1) is 11.3 Å². The zero-order chi connectivity index (χ0) is 12.0. The first-order valence-electron chi connectivity index (χ1n) is 5.52. The quantitative estimate of drug-likeness (QED) is 0.798. The molecule has 4 heteroatoms. The number of hydrogen-bond acceptors (Lipinski definition) is 4. The molecule has 0 spiro atoms. The summed E-state index contributed by atoms with van der Waals surface area (Å²) in [6.45, 7) is 3.03. The SMILES string of the molecule is CNC(c1sccc1OC)C(C)CCOC. The lowest BCUT2D eigenvalue weighted by molar-refractivity contribution is 0.171. The highest BCUT2D eigenvalue weighted by atomic mass is 32.1. The van der Waals surface area contributed by atoms with Gasteiger partial charge in [0.25, 0.3) is 0 Å². The molecule has 1 aromatic rings. The Labute approximate surface area is 102 Å². The molecular weight excluding hydrogens is 222 g/mol. The molecule has 92 valence electrons. The molecule has 1 aromatic heterocycles. The highest BCUT2D eigenvalue weighted by Crippen LogP contribution is 2.35. The summed E-state index contributed by atoms with van der Waals surface area (Å²) in [5.41, 5.74) is 0. The Morgan fingerprint density at radius 2 is 2.19 bits per heavy atom. The highest BCUT2D eigenvalue weighted by molar-refractivity contribution is 7.10. The van der Waals surface area contributed by atoms with E-state index < -0.39 is 0 Å². The second kappa shape index (κ2) is 6.89. The van der Waals surface area contributed by atoms with Crippen molar-refractivity contribution in [2.45, 2.75) is 19.4 Å². The first-order valence-corrected chi connectivity index (χ1v) is 6.40. The van der Waals surface area contributed by atoms with Crippen LogP contribution in [0.2, 0.25) is 0 Å². The minimum atomic E-state index is 0.338. The average Bonchev–Trinajstić information content (AvgIpc) is 2.75. The third kappa shape index (κ3) is 3.20. The maximum Gasteiger partial charge on any atom is 0.134 e. The summed E-state index contributed by atoms with van der Waals surface area (Å²) in [5.74, 6) is 1.51.